The minimum Gasteiger partial charge on any atom is -0.550 e. The smallest absolute Gasteiger partial charge is 0.290 e. The van der Waals surface area contributed by atoms with Gasteiger partial charge in [0.1, 0.15) is 0 Å². The average molecular weight is 418 g/mol. The number of allylic oxidation sites excluding steroid dienone is 1. The fourth-order valence-corrected chi connectivity index (χ4v) is 3.67. The average Bonchev–Trinajstić information content (AvgIpc) is 3.03. The van der Waals surface area contributed by atoms with Gasteiger partial charge in [-0.1, -0.05) is 73.2 Å². The highest BCUT2D eigenvalue weighted by Crippen LogP contribution is 2.38. The maximum absolute atomic E-state index is 13.0. The van der Waals surface area contributed by atoms with Crippen molar-refractivity contribution in [3.63, 3.8) is 0 Å². The molecular formula is C25H24NO5-. The number of ketones is 1. The van der Waals surface area contributed by atoms with Crippen LogP contribution in [-0.4, -0.2) is 34.2 Å². The number of nitrogens with zero attached hydrogens (tertiary/aromatic N) is 1. The number of carbonyl (C=O) groups is 3. The van der Waals surface area contributed by atoms with Crippen molar-refractivity contribution in [3.8, 4) is 0 Å². The molecule has 3 rings (SSSR count). The summed E-state index contributed by atoms with van der Waals surface area (Å²) in [7, 11) is 0. The predicted molar refractivity (Wildman–Crippen MR) is 115 cm³/mol. The lowest BCUT2D eigenvalue weighted by Crippen LogP contribution is -2.32. The van der Waals surface area contributed by atoms with Gasteiger partial charge < -0.3 is 19.9 Å². The van der Waals surface area contributed by atoms with Gasteiger partial charge in [0.15, 0.2) is 11.5 Å². The normalized spacial score (nSPS) is 16.3. The summed E-state index contributed by atoms with van der Waals surface area (Å²) in [6, 6.07) is 17.7. The minimum absolute atomic E-state index is 0.0341. The van der Waals surface area contributed by atoms with E-state index in [1.165, 1.54) is 11.0 Å². The van der Waals surface area contributed by atoms with Crippen molar-refractivity contribution < 1.29 is 24.6 Å². The lowest BCUT2D eigenvalue weighted by molar-refractivity contribution is -0.305. The number of hydrogen-bond donors (Lipinski definition) is 1. The van der Waals surface area contributed by atoms with Gasteiger partial charge in [-0.2, -0.15) is 0 Å². The molecule has 1 aliphatic rings. The van der Waals surface area contributed by atoms with Crippen molar-refractivity contribution in [3.05, 3.63) is 89.2 Å². The van der Waals surface area contributed by atoms with Crippen LogP contribution in [0, 0.1) is 0 Å². The van der Waals surface area contributed by atoms with Gasteiger partial charge in [-0.05, 0) is 36.5 Å². The molecule has 1 aliphatic heterocycles. The molecule has 2 aromatic carbocycles. The number of rotatable bonds is 10. The largest absolute Gasteiger partial charge is 0.550 e. The number of amides is 1. The Labute approximate surface area is 181 Å². The Hall–Kier alpha value is -3.67. The van der Waals surface area contributed by atoms with E-state index >= 15 is 0 Å². The van der Waals surface area contributed by atoms with E-state index in [2.05, 4.69) is 0 Å². The van der Waals surface area contributed by atoms with E-state index in [4.69, 9.17) is 0 Å². The van der Waals surface area contributed by atoms with Crippen molar-refractivity contribution in [2.75, 3.05) is 6.54 Å². The molecule has 0 saturated heterocycles. The second-order valence-corrected chi connectivity index (χ2v) is 7.36. The summed E-state index contributed by atoms with van der Waals surface area (Å²) in [5.74, 6) is -2.66. The highest BCUT2D eigenvalue weighted by atomic mass is 16.4. The monoisotopic (exact) mass is 418 g/mol. The van der Waals surface area contributed by atoms with Crippen molar-refractivity contribution in [1.29, 1.82) is 0 Å². The predicted octanol–water partition coefficient (Wildman–Crippen LogP) is 2.97. The number of carboxylic acid groups (broad SMARTS) is 1. The Morgan fingerprint density at radius 3 is 2.26 bits per heavy atom. The summed E-state index contributed by atoms with van der Waals surface area (Å²) in [6.07, 6.45) is 4.58. The van der Waals surface area contributed by atoms with E-state index in [1.807, 2.05) is 60.7 Å². The number of aliphatic carboxylic acids is 1. The maximum Gasteiger partial charge on any atom is 0.290 e. The third kappa shape index (κ3) is 5.48. The second-order valence-electron chi connectivity index (χ2n) is 7.36. The molecular weight excluding hydrogens is 394 g/mol. The molecule has 1 atom stereocenters. The fourth-order valence-electron chi connectivity index (χ4n) is 3.67. The first kappa shape index (κ1) is 22.0. The SMILES string of the molecule is O=C([O-])CCCCCN1C(=O)C(O)=C(C(=O)/C=C/c2ccccc2)[C@@H]1c1ccccc1. The van der Waals surface area contributed by atoms with Crippen molar-refractivity contribution in [1.82, 2.24) is 4.90 Å². The Balaban J connectivity index is 1.82. The number of carbonyl (C=O) groups excluding carboxylic acids is 3. The molecule has 31 heavy (non-hydrogen) atoms. The number of aliphatic hydroxyl groups excluding tert-OH is 1. The number of benzene rings is 2. The summed E-state index contributed by atoms with van der Waals surface area (Å²) in [6.45, 7) is 0.300. The van der Waals surface area contributed by atoms with Crippen LogP contribution in [0.5, 0.6) is 0 Å². The summed E-state index contributed by atoms with van der Waals surface area (Å²) >= 11 is 0. The van der Waals surface area contributed by atoms with Crippen molar-refractivity contribution in [2.24, 2.45) is 0 Å². The molecule has 0 spiro atoms. The Bertz CT molecular complexity index is 995. The molecule has 0 aromatic heterocycles. The zero-order chi connectivity index (χ0) is 22.2. The quantitative estimate of drug-likeness (QED) is 0.473. The molecule has 1 heterocycles. The molecule has 6 heteroatoms. The number of carboxylic acids is 1. The van der Waals surface area contributed by atoms with Crippen LogP contribution in [0.15, 0.2) is 78.1 Å². The first-order valence-corrected chi connectivity index (χ1v) is 10.3. The summed E-state index contributed by atoms with van der Waals surface area (Å²) < 4.78 is 0. The lowest BCUT2D eigenvalue weighted by atomic mass is 9.95. The number of unbranched alkanes of at least 4 members (excludes halogenated alkanes) is 2. The molecule has 6 nitrogen and oxygen atoms in total. The first-order chi connectivity index (χ1) is 15.0. The highest BCUT2D eigenvalue weighted by Gasteiger charge is 2.42. The summed E-state index contributed by atoms with van der Waals surface area (Å²) in [5, 5.41) is 21.1. The summed E-state index contributed by atoms with van der Waals surface area (Å²) in [5.41, 5.74) is 1.62. The van der Waals surface area contributed by atoms with Crippen molar-refractivity contribution >= 4 is 23.7 Å². The Morgan fingerprint density at radius 2 is 1.61 bits per heavy atom. The maximum atomic E-state index is 13.0. The van der Waals surface area contributed by atoms with Gasteiger partial charge in [0.25, 0.3) is 5.91 Å². The Kier molecular flexibility index (Phi) is 7.38. The van der Waals surface area contributed by atoms with Gasteiger partial charge in [-0.3, -0.25) is 9.59 Å². The van der Waals surface area contributed by atoms with Gasteiger partial charge in [-0.25, -0.2) is 0 Å². The van der Waals surface area contributed by atoms with Gasteiger partial charge in [0, 0.05) is 12.5 Å². The molecule has 0 unspecified atom stereocenters. The van der Waals surface area contributed by atoms with Gasteiger partial charge in [0.05, 0.1) is 11.6 Å². The molecule has 0 saturated carbocycles. The molecule has 0 fully saturated rings. The van der Waals surface area contributed by atoms with Crippen LogP contribution in [0.3, 0.4) is 0 Å². The van der Waals surface area contributed by atoms with Crippen LogP contribution >= 0.6 is 0 Å². The van der Waals surface area contributed by atoms with Crippen LogP contribution < -0.4 is 5.11 Å². The van der Waals surface area contributed by atoms with Gasteiger partial charge in [0.2, 0.25) is 0 Å². The molecule has 2 aromatic rings. The van der Waals surface area contributed by atoms with Gasteiger partial charge >= 0.3 is 0 Å². The zero-order valence-corrected chi connectivity index (χ0v) is 17.1. The number of aliphatic hydroxyl groups is 1. The van der Waals surface area contributed by atoms with Crippen LogP contribution in [-0.2, 0) is 14.4 Å². The van der Waals surface area contributed by atoms with E-state index in [0.717, 1.165) is 11.1 Å². The third-order valence-corrected chi connectivity index (χ3v) is 5.19. The molecule has 0 aliphatic carbocycles. The molecule has 0 radical (unpaired) electrons. The second kappa shape index (κ2) is 10.4. The van der Waals surface area contributed by atoms with Crippen LogP contribution in [0.4, 0.5) is 0 Å². The van der Waals surface area contributed by atoms with E-state index < -0.39 is 29.5 Å². The van der Waals surface area contributed by atoms with Crippen LogP contribution in [0.25, 0.3) is 6.08 Å². The number of hydrogen-bond acceptors (Lipinski definition) is 5. The van der Waals surface area contributed by atoms with Gasteiger partial charge in [-0.15, -0.1) is 0 Å². The molecule has 1 N–H and O–H groups in total. The Morgan fingerprint density at radius 1 is 0.968 bits per heavy atom. The fraction of sp³-hybridized carbons (Fsp3) is 0.240. The summed E-state index contributed by atoms with van der Waals surface area (Å²) in [4.78, 5) is 37.8. The van der Waals surface area contributed by atoms with E-state index in [0.29, 0.717) is 25.8 Å². The molecule has 1 amide bonds. The van der Waals surface area contributed by atoms with E-state index in [-0.39, 0.29) is 12.0 Å². The van der Waals surface area contributed by atoms with Crippen LogP contribution in [0.1, 0.15) is 42.9 Å². The van der Waals surface area contributed by atoms with Crippen molar-refractivity contribution in [2.45, 2.75) is 31.7 Å². The van der Waals surface area contributed by atoms with E-state index in [1.54, 1.807) is 6.08 Å². The van der Waals surface area contributed by atoms with Crippen LogP contribution in [0.2, 0.25) is 0 Å². The lowest BCUT2D eigenvalue weighted by Gasteiger charge is -2.26. The molecule has 0 bridgehead atoms. The highest BCUT2D eigenvalue weighted by molar-refractivity contribution is 6.14. The first-order valence-electron chi connectivity index (χ1n) is 10.3. The topological polar surface area (TPSA) is 97.7 Å². The zero-order valence-electron chi connectivity index (χ0n) is 17.1. The van der Waals surface area contributed by atoms with E-state index in [9.17, 15) is 24.6 Å². The minimum atomic E-state index is -1.10. The third-order valence-electron chi connectivity index (χ3n) is 5.19. The molecule has 160 valence electrons. The standard InChI is InChI=1S/C25H25NO5/c27-20(16-15-18-10-4-1-5-11-18)22-23(19-12-6-2-7-13-19)26(25(31)24(22)30)17-9-3-8-14-21(28)29/h1-2,4-7,10-13,15-16,23,30H,3,8-9,14,17H2,(H,28,29)/p-1/b16-15+/t23-/m0/s1.